The van der Waals surface area contributed by atoms with Crippen molar-refractivity contribution in [3.63, 3.8) is 0 Å². The molecule has 1 saturated heterocycles. The van der Waals surface area contributed by atoms with Crippen molar-refractivity contribution in [3.8, 4) is 0 Å². The van der Waals surface area contributed by atoms with Crippen molar-refractivity contribution in [2.75, 3.05) is 6.61 Å². The highest BCUT2D eigenvalue weighted by molar-refractivity contribution is 8.00. The summed E-state index contributed by atoms with van der Waals surface area (Å²) in [6.07, 6.45) is 0.0808. The van der Waals surface area contributed by atoms with E-state index in [2.05, 4.69) is 44.7 Å². The first-order chi connectivity index (χ1) is 26.4. The van der Waals surface area contributed by atoms with Gasteiger partial charge in [-0.15, -0.1) is 16.5 Å². The van der Waals surface area contributed by atoms with Gasteiger partial charge in [0.05, 0.1) is 22.7 Å². The lowest BCUT2D eigenvalue weighted by molar-refractivity contribution is -0.205. The second-order valence-electron chi connectivity index (χ2n) is 16.6. The molecule has 10 nitrogen and oxygen atoms in total. The molecule has 2 aliphatic rings. The highest BCUT2D eigenvalue weighted by atomic mass is 32.2. The molecule has 56 heavy (non-hydrogen) atoms. The van der Waals surface area contributed by atoms with Gasteiger partial charge in [0.15, 0.2) is 26.6 Å². The van der Waals surface area contributed by atoms with Crippen LogP contribution in [-0.4, -0.2) is 83.3 Å². The monoisotopic (exact) mass is 821 g/mol. The van der Waals surface area contributed by atoms with Gasteiger partial charge in [0.2, 0.25) is 0 Å². The van der Waals surface area contributed by atoms with E-state index in [1.54, 1.807) is 91.0 Å². The number of benzene rings is 3. The Labute approximate surface area is 339 Å². The van der Waals surface area contributed by atoms with Gasteiger partial charge >= 0.3 is 17.9 Å². The Morgan fingerprint density at radius 3 is 1.64 bits per heavy atom. The molecule has 1 N–H and O–H groups in total. The molecule has 6 unspecified atom stereocenters. The third-order valence-electron chi connectivity index (χ3n) is 10.2. The molecule has 13 heteroatoms. The predicted octanol–water partition coefficient (Wildman–Crippen LogP) is 8.28. The van der Waals surface area contributed by atoms with Crippen LogP contribution in [0.25, 0.3) is 0 Å². The summed E-state index contributed by atoms with van der Waals surface area (Å²) in [7, 11) is -2.18. The lowest BCUT2D eigenvalue weighted by Crippen LogP contribution is -2.66. The van der Waals surface area contributed by atoms with Gasteiger partial charge in [0, 0.05) is 23.2 Å². The van der Waals surface area contributed by atoms with Crippen LogP contribution in [0.15, 0.2) is 103 Å². The van der Waals surface area contributed by atoms with E-state index in [1.807, 2.05) is 26.8 Å². The van der Waals surface area contributed by atoms with Crippen LogP contribution in [0.4, 0.5) is 0 Å². The minimum atomic E-state index is -2.18. The number of allylic oxidation sites excluding steroid dienone is 1. The Balaban J connectivity index is 1.64. The van der Waals surface area contributed by atoms with Crippen molar-refractivity contribution in [1.29, 1.82) is 0 Å². The first kappa shape index (κ1) is 43.7. The minimum Gasteiger partial charge on any atom is -0.598 e. The van der Waals surface area contributed by atoms with Crippen molar-refractivity contribution in [2.24, 2.45) is 0 Å². The number of rotatable bonds is 11. The van der Waals surface area contributed by atoms with Crippen molar-refractivity contribution < 1.29 is 42.3 Å². The molecule has 3 aromatic rings. The largest absolute Gasteiger partial charge is 0.598 e. The van der Waals surface area contributed by atoms with Crippen molar-refractivity contribution in [1.82, 2.24) is 4.72 Å². The van der Waals surface area contributed by atoms with E-state index in [4.69, 9.17) is 23.4 Å². The Morgan fingerprint density at radius 2 is 1.18 bits per heavy atom. The number of fused-ring (bicyclic) bond motifs is 2. The fourth-order valence-corrected chi connectivity index (χ4v) is 9.22. The number of nitrogens with one attached hydrogen (secondary N) is 1. The van der Waals surface area contributed by atoms with Gasteiger partial charge in [-0.1, -0.05) is 87.5 Å². The minimum absolute atomic E-state index is 0.0299. The van der Waals surface area contributed by atoms with Crippen molar-refractivity contribution >= 4 is 49.3 Å². The smallest absolute Gasteiger partial charge is 0.338 e. The van der Waals surface area contributed by atoms with E-state index in [9.17, 15) is 18.9 Å². The van der Waals surface area contributed by atoms with E-state index in [0.29, 0.717) is 19.4 Å². The summed E-state index contributed by atoms with van der Waals surface area (Å²) < 4.78 is 49.1. The first-order valence-corrected chi connectivity index (χ1v) is 24.0. The molecule has 5 rings (SSSR count). The maximum atomic E-state index is 14.0. The molecule has 302 valence electrons. The summed E-state index contributed by atoms with van der Waals surface area (Å²) in [6, 6.07) is 24.8. The second-order valence-corrected chi connectivity index (χ2v) is 24.8. The van der Waals surface area contributed by atoms with E-state index < -0.39 is 78.2 Å². The Morgan fingerprint density at radius 1 is 0.732 bits per heavy atom. The Bertz CT molecular complexity index is 1780. The molecule has 3 aromatic carbocycles. The maximum Gasteiger partial charge on any atom is 0.338 e. The predicted molar refractivity (Wildman–Crippen MR) is 223 cm³/mol. The van der Waals surface area contributed by atoms with Crippen LogP contribution in [0.5, 0.6) is 0 Å². The number of thioether (sulfide) groups is 1. The average Bonchev–Trinajstić information content (AvgIpc) is 3.16. The van der Waals surface area contributed by atoms with Gasteiger partial charge in [-0.05, 0) is 88.1 Å². The van der Waals surface area contributed by atoms with Crippen LogP contribution in [0.2, 0.25) is 18.1 Å². The van der Waals surface area contributed by atoms with E-state index >= 15 is 0 Å². The highest BCUT2D eigenvalue weighted by Gasteiger charge is 2.56. The van der Waals surface area contributed by atoms with Crippen LogP contribution in [0.1, 0.15) is 85.5 Å². The molecule has 0 radical (unpaired) electrons. The van der Waals surface area contributed by atoms with E-state index in [1.165, 1.54) is 11.8 Å². The zero-order chi connectivity index (χ0) is 40.7. The van der Waals surface area contributed by atoms with Crippen molar-refractivity contribution in [2.45, 2.75) is 118 Å². The van der Waals surface area contributed by atoms with Crippen LogP contribution in [0.3, 0.4) is 0 Å². The highest BCUT2D eigenvalue weighted by Crippen LogP contribution is 2.42. The third-order valence-corrected chi connectivity index (χ3v) is 17.7. The lowest BCUT2D eigenvalue weighted by atomic mass is 9.92. The first-order valence-electron chi connectivity index (χ1n) is 19.0. The molecule has 0 amide bonds. The van der Waals surface area contributed by atoms with E-state index in [0.717, 1.165) is 0 Å². The van der Waals surface area contributed by atoms with Crippen LogP contribution in [-0.2, 0) is 34.7 Å². The quantitative estimate of drug-likeness (QED) is 0.0659. The summed E-state index contributed by atoms with van der Waals surface area (Å²) in [4.78, 5) is 42.0. The van der Waals surface area contributed by atoms with Gasteiger partial charge in [-0.25, -0.2) is 14.4 Å². The standard InChI is InChI=1S/C43H55NO9S2Si/c1-42(2,3)55(48)44-33-27-19-18-26-32(28-49-56(7,8)43(4,5)6)54-41-37(52-40(47)31-24-16-11-17-25-31)36(51-39(46)30-22-14-10-15-23-30)35(34(33)53-41)50-38(45)29-20-12-9-13-21-29/h9-25,32-37,41,44H,26-28H2,1-8H3/b19-18-/t32?,33-,34?,35?,36?,37?,41?,55-/m1/s1. The molecule has 2 heterocycles. The van der Waals surface area contributed by atoms with Gasteiger partial charge in [0.1, 0.15) is 16.3 Å². The van der Waals surface area contributed by atoms with Crippen molar-refractivity contribution in [3.05, 3.63) is 120 Å². The van der Waals surface area contributed by atoms with Crippen LogP contribution >= 0.6 is 11.8 Å². The fraction of sp³-hybridized carbons (Fsp3) is 0.465. The average molecular weight is 822 g/mol. The molecule has 1 fully saturated rings. The summed E-state index contributed by atoms with van der Waals surface area (Å²) in [5.41, 5.74) is -0.124. The zero-order valence-corrected chi connectivity index (χ0v) is 36.1. The molecule has 0 spiro atoms. The molecular weight excluding hydrogens is 767 g/mol. The number of ether oxygens (including phenoxy) is 4. The van der Waals surface area contributed by atoms with Gasteiger partial charge in [0.25, 0.3) is 0 Å². The SMILES string of the molecule is CC(C)(C)[S@@+]([O-])N[C@@H]1C/C=C\CC(CO[Si](C)(C)C(C)(C)C)SC2OC1C(OC(=O)c1ccccc1)C(OC(=O)c1ccccc1)C2OC(=O)c1ccccc1. The number of carbonyl (C=O) groups is 3. The summed E-state index contributed by atoms with van der Waals surface area (Å²) in [6.45, 7) is 16.9. The van der Waals surface area contributed by atoms with Gasteiger partial charge in [-0.3, -0.25) is 0 Å². The lowest BCUT2D eigenvalue weighted by Gasteiger charge is -2.48. The number of hydrogen-bond acceptors (Lipinski definition) is 11. The maximum absolute atomic E-state index is 14.0. The second kappa shape index (κ2) is 18.9. The molecule has 8 atom stereocenters. The zero-order valence-electron chi connectivity index (χ0n) is 33.5. The number of esters is 3. The summed E-state index contributed by atoms with van der Waals surface area (Å²) in [5.74, 6) is -2.06. The Kier molecular flexibility index (Phi) is 14.7. The molecule has 0 aromatic heterocycles. The van der Waals surface area contributed by atoms with Gasteiger partial charge in [-0.2, -0.15) is 0 Å². The number of carbonyl (C=O) groups excluding carboxylic acids is 3. The van der Waals surface area contributed by atoms with E-state index in [-0.39, 0.29) is 27.0 Å². The van der Waals surface area contributed by atoms with Crippen LogP contribution in [0, 0.1) is 0 Å². The molecule has 2 bridgehead atoms. The topological polar surface area (TPSA) is 132 Å². The fourth-order valence-electron chi connectivity index (χ4n) is 5.89. The molecule has 2 aliphatic heterocycles. The number of hydrogen-bond donors (Lipinski definition) is 1. The summed E-state index contributed by atoms with van der Waals surface area (Å²) in [5, 5.41) is -0.191. The molecule has 0 saturated carbocycles. The molecular formula is C43H55NO9S2Si. The van der Waals surface area contributed by atoms with Gasteiger partial charge < -0.3 is 27.9 Å². The normalized spacial score (nSPS) is 25.6. The van der Waals surface area contributed by atoms with Crippen LogP contribution < -0.4 is 4.72 Å². The Hall–Kier alpha value is -3.43. The third kappa shape index (κ3) is 11.4. The summed E-state index contributed by atoms with van der Waals surface area (Å²) >= 11 is -0.153. The molecule has 0 aliphatic carbocycles.